The van der Waals surface area contributed by atoms with Crippen LogP contribution in [0.4, 0.5) is 5.69 Å². The molecule has 0 radical (unpaired) electrons. The monoisotopic (exact) mass is 462 g/mol. The lowest BCUT2D eigenvalue weighted by Gasteiger charge is -2.21. The third-order valence-corrected chi connectivity index (χ3v) is 4.93. The smallest absolute Gasteiger partial charge is 0.269 e. The van der Waals surface area contributed by atoms with Gasteiger partial charge in [-0.15, -0.1) is 12.4 Å². The molecule has 2 amide bonds. The van der Waals surface area contributed by atoms with Crippen LogP contribution in [0.25, 0.3) is 0 Å². The van der Waals surface area contributed by atoms with Crippen molar-refractivity contribution in [1.29, 1.82) is 0 Å². The second kappa shape index (κ2) is 14.2. The first kappa shape index (κ1) is 27.1. The maximum absolute atomic E-state index is 12.7. The van der Waals surface area contributed by atoms with Crippen molar-refractivity contribution in [2.45, 2.75) is 51.1 Å². The molecule has 0 saturated carbocycles. The summed E-state index contributed by atoms with van der Waals surface area (Å²) in [6.45, 7) is 2.60. The zero-order valence-electron chi connectivity index (χ0n) is 18.2. The van der Waals surface area contributed by atoms with E-state index in [1.807, 2.05) is 30.3 Å². The fourth-order valence-electron chi connectivity index (χ4n) is 3.15. The maximum atomic E-state index is 12.7. The number of amides is 2. The first-order valence-electron chi connectivity index (χ1n) is 10.5. The van der Waals surface area contributed by atoms with Crippen LogP contribution >= 0.6 is 12.4 Å². The molecule has 0 fully saturated rings. The number of carbonyl (C=O) groups excluding carboxylic acids is 2. The highest BCUT2D eigenvalue weighted by Crippen LogP contribution is 2.13. The number of nitrogens with zero attached hydrogens (tertiary/aromatic N) is 1. The Labute approximate surface area is 194 Å². The van der Waals surface area contributed by atoms with E-state index < -0.39 is 22.9 Å². The van der Waals surface area contributed by atoms with E-state index >= 15 is 0 Å². The second-order valence-electron chi connectivity index (χ2n) is 7.48. The molecule has 0 bridgehead atoms. The Balaban J connectivity index is 0.00000512. The number of hydrogen-bond donors (Lipinski definition) is 3. The van der Waals surface area contributed by atoms with Crippen molar-refractivity contribution < 1.29 is 14.5 Å². The van der Waals surface area contributed by atoms with E-state index in [0.717, 1.165) is 24.8 Å². The molecule has 32 heavy (non-hydrogen) atoms. The number of non-ortho nitro benzene ring substituents is 1. The quantitative estimate of drug-likeness (QED) is 0.254. The van der Waals surface area contributed by atoms with E-state index in [9.17, 15) is 19.7 Å². The number of nitro benzene ring substituents is 1. The highest BCUT2D eigenvalue weighted by molar-refractivity contribution is 5.90. The summed E-state index contributed by atoms with van der Waals surface area (Å²) in [5, 5.41) is 16.5. The standard InChI is InChI=1S/C23H30N4O4.ClH/c1-2-3-7-14-25-23(29)21(16-18-10-12-19(13-11-18)27(30)31)26-22(28)20(24)15-17-8-5-4-6-9-17;/h4-6,8-13,20-21H,2-3,7,14-16,24H2,1H3,(H,25,29)(H,26,28);1H/t20-,21-;/m0./s1. The Morgan fingerprint density at radius 1 is 0.969 bits per heavy atom. The minimum absolute atomic E-state index is 0. The summed E-state index contributed by atoms with van der Waals surface area (Å²) in [5.41, 5.74) is 7.67. The molecule has 4 N–H and O–H groups in total. The van der Waals surface area contributed by atoms with Crippen LogP contribution in [0, 0.1) is 10.1 Å². The SMILES string of the molecule is CCCCCNC(=O)[C@H](Cc1ccc([N+](=O)[O-])cc1)NC(=O)[C@@H](N)Cc1ccccc1.Cl. The zero-order valence-corrected chi connectivity index (χ0v) is 19.0. The predicted octanol–water partition coefficient (Wildman–Crippen LogP) is 2.92. The Hall–Kier alpha value is -2.97. The molecule has 8 nitrogen and oxygen atoms in total. The summed E-state index contributed by atoms with van der Waals surface area (Å²) in [7, 11) is 0. The topological polar surface area (TPSA) is 127 Å². The highest BCUT2D eigenvalue weighted by Gasteiger charge is 2.24. The lowest BCUT2D eigenvalue weighted by atomic mass is 10.0. The number of halogens is 1. The number of hydrogen-bond acceptors (Lipinski definition) is 5. The summed E-state index contributed by atoms with van der Waals surface area (Å²) < 4.78 is 0. The van der Waals surface area contributed by atoms with Crippen LogP contribution in [-0.4, -0.2) is 35.4 Å². The zero-order chi connectivity index (χ0) is 22.6. The number of nitro groups is 1. The van der Waals surface area contributed by atoms with Gasteiger partial charge in [-0.25, -0.2) is 0 Å². The van der Waals surface area contributed by atoms with Gasteiger partial charge < -0.3 is 16.4 Å². The molecule has 2 aromatic rings. The van der Waals surface area contributed by atoms with Gasteiger partial charge in [-0.3, -0.25) is 19.7 Å². The third-order valence-electron chi connectivity index (χ3n) is 4.93. The number of nitrogens with one attached hydrogen (secondary N) is 2. The largest absolute Gasteiger partial charge is 0.354 e. The second-order valence-corrected chi connectivity index (χ2v) is 7.48. The predicted molar refractivity (Wildman–Crippen MR) is 127 cm³/mol. The van der Waals surface area contributed by atoms with Crippen LogP contribution in [0.15, 0.2) is 54.6 Å². The number of unbranched alkanes of at least 4 members (excludes halogenated alkanes) is 2. The molecule has 0 aliphatic rings. The van der Waals surface area contributed by atoms with Crippen molar-refractivity contribution in [2.75, 3.05) is 6.54 Å². The van der Waals surface area contributed by atoms with Crippen molar-refractivity contribution in [3.8, 4) is 0 Å². The van der Waals surface area contributed by atoms with Crippen LogP contribution in [0.5, 0.6) is 0 Å². The van der Waals surface area contributed by atoms with E-state index in [1.54, 1.807) is 12.1 Å². The molecule has 0 saturated heterocycles. The summed E-state index contributed by atoms with van der Waals surface area (Å²) in [4.78, 5) is 35.8. The number of rotatable bonds is 12. The van der Waals surface area contributed by atoms with Gasteiger partial charge in [0.1, 0.15) is 6.04 Å². The Morgan fingerprint density at radius 3 is 2.19 bits per heavy atom. The van der Waals surface area contributed by atoms with E-state index in [4.69, 9.17) is 5.73 Å². The van der Waals surface area contributed by atoms with Gasteiger partial charge >= 0.3 is 0 Å². The molecule has 2 aromatic carbocycles. The van der Waals surface area contributed by atoms with Gasteiger partial charge in [0, 0.05) is 25.1 Å². The van der Waals surface area contributed by atoms with Crippen LogP contribution in [0.3, 0.4) is 0 Å². The average Bonchev–Trinajstić information content (AvgIpc) is 2.77. The molecule has 9 heteroatoms. The summed E-state index contributed by atoms with van der Waals surface area (Å²) >= 11 is 0. The van der Waals surface area contributed by atoms with Gasteiger partial charge in [0.15, 0.2) is 0 Å². The first-order valence-corrected chi connectivity index (χ1v) is 10.5. The van der Waals surface area contributed by atoms with E-state index in [1.165, 1.54) is 12.1 Å². The number of nitrogens with two attached hydrogens (primary N) is 1. The van der Waals surface area contributed by atoms with Gasteiger partial charge in [-0.1, -0.05) is 62.2 Å². The van der Waals surface area contributed by atoms with Crippen LogP contribution in [-0.2, 0) is 22.4 Å². The van der Waals surface area contributed by atoms with E-state index in [2.05, 4.69) is 17.6 Å². The first-order chi connectivity index (χ1) is 14.9. The molecule has 2 rings (SSSR count). The normalized spacial score (nSPS) is 12.2. The minimum Gasteiger partial charge on any atom is -0.354 e. The van der Waals surface area contributed by atoms with Crippen molar-refractivity contribution in [1.82, 2.24) is 10.6 Å². The molecule has 0 heterocycles. The van der Waals surface area contributed by atoms with Gasteiger partial charge in [-0.05, 0) is 24.0 Å². The summed E-state index contributed by atoms with van der Waals surface area (Å²) in [6, 6.07) is 13.7. The molecular formula is C23H31ClN4O4. The molecule has 174 valence electrons. The Bertz CT molecular complexity index is 862. The minimum atomic E-state index is -0.822. The van der Waals surface area contributed by atoms with E-state index in [-0.39, 0.29) is 30.4 Å². The maximum Gasteiger partial charge on any atom is 0.269 e. The molecule has 0 spiro atoms. The number of benzene rings is 2. The highest BCUT2D eigenvalue weighted by atomic mass is 35.5. The molecular weight excluding hydrogens is 432 g/mol. The lowest BCUT2D eigenvalue weighted by Crippen LogP contribution is -2.53. The molecule has 0 aliphatic carbocycles. The average molecular weight is 463 g/mol. The van der Waals surface area contributed by atoms with Crippen molar-refractivity contribution in [3.63, 3.8) is 0 Å². The van der Waals surface area contributed by atoms with Crippen LogP contribution in [0.1, 0.15) is 37.3 Å². The fraction of sp³-hybridized carbons (Fsp3) is 0.391. The van der Waals surface area contributed by atoms with Gasteiger partial charge in [0.2, 0.25) is 11.8 Å². The Morgan fingerprint density at radius 2 is 1.59 bits per heavy atom. The Kier molecular flexibility index (Phi) is 12.0. The van der Waals surface area contributed by atoms with Crippen molar-refractivity contribution >= 4 is 29.9 Å². The third kappa shape index (κ3) is 9.03. The van der Waals surface area contributed by atoms with E-state index in [0.29, 0.717) is 18.5 Å². The fourth-order valence-corrected chi connectivity index (χ4v) is 3.15. The van der Waals surface area contributed by atoms with Crippen molar-refractivity contribution in [2.24, 2.45) is 5.73 Å². The van der Waals surface area contributed by atoms with Crippen molar-refractivity contribution in [3.05, 3.63) is 75.8 Å². The van der Waals surface area contributed by atoms with Gasteiger partial charge in [0.05, 0.1) is 11.0 Å². The van der Waals surface area contributed by atoms with Crippen LogP contribution < -0.4 is 16.4 Å². The molecule has 0 unspecified atom stereocenters. The molecule has 0 aromatic heterocycles. The molecule has 0 aliphatic heterocycles. The number of carbonyl (C=O) groups is 2. The summed E-state index contributed by atoms with van der Waals surface area (Å²) in [5.74, 6) is -0.714. The van der Waals surface area contributed by atoms with Gasteiger partial charge in [-0.2, -0.15) is 0 Å². The summed E-state index contributed by atoms with van der Waals surface area (Å²) in [6.07, 6.45) is 3.46. The van der Waals surface area contributed by atoms with Gasteiger partial charge in [0.25, 0.3) is 5.69 Å². The molecule has 2 atom stereocenters. The van der Waals surface area contributed by atoms with Crippen LogP contribution in [0.2, 0.25) is 0 Å². The lowest BCUT2D eigenvalue weighted by molar-refractivity contribution is -0.384.